The Morgan fingerprint density at radius 1 is 0.543 bits per heavy atom. The third kappa shape index (κ3) is 4.60. The Labute approximate surface area is 215 Å². The predicted octanol–water partition coefficient (Wildman–Crippen LogP) is 10.4. The molecule has 0 radical (unpaired) electrons. The zero-order chi connectivity index (χ0) is 25.8. The molecule has 4 rings (SSSR count). The van der Waals surface area contributed by atoms with E-state index >= 15 is 0 Å². The highest BCUT2D eigenvalue weighted by atomic mass is 28.3. The summed E-state index contributed by atoms with van der Waals surface area (Å²) in [5.74, 6) is 0. The molecule has 0 aromatic heterocycles. The number of hydrogen-bond acceptors (Lipinski definition) is 0. The molecule has 184 valence electrons. The highest BCUT2D eigenvalue weighted by Gasteiger charge is 2.51. The third-order valence-corrected chi connectivity index (χ3v) is 12.8. The van der Waals surface area contributed by atoms with Gasteiger partial charge in [-0.15, -0.1) is 0 Å². The smallest absolute Gasteiger partial charge is 0.0679 e. The molecule has 2 aliphatic carbocycles. The first-order valence-electron chi connectivity index (χ1n) is 13.2. The molecule has 0 aliphatic heterocycles. The molecule has 0 spiro atoms. The highest BCUT2D eigenvalue weighted by molar-refractivity contribution is 6.83. The van der Waals surface area contributed by atoms with E-state index in [1.54, 1.807) is 22.3 Å². The molecule has 2 aromatic rings. The van der Waals surface area contributed by atoms with Crippen molar-refractivity contribution in [2.24, 2.45) is 10.8 Å². The molecule has 0 saturated carbocycles. The monoisotopic (exact) mass is 480 g/mol. The van der Waals surface area contributed by atoms with Gasteiger partial charge < -0.3 is 0 Å². The van der Waals surface area contributed by atoms with Crippen LogP contribution in [0, 0.1) is 10.8 Å². The molecule has 35 heavy (non-hydrogen) atoms. The third-order valence-electron chi connectivity index (χ3n) is 8.33. The van der Waals surface area contributed by atoms with Crippen LogP contribution >= 0.6 is 0 Å². The maximum absolute atomic E-state index is 2.66. The fourth-order valence-electron chi connectivity index (χ4n) is 6.72. The van der Waals surface area contributed by atoms with Crippen LogP contribution in [0.2, 0.25) is 24.2 Å². The van der Waals surface area contributed by atoms with E-state index in [4.69, 9.17) is 0 Å². The van der Waals surface area contributed by atoms with Gasteiger partial charge in [-0.2, -0.15) is 0 Å². The quantitative estimate of drug-likeness (QED) is 0.382. The molecular formula is C34H44Si. The van der Waals surface area contributed by atoms with Crippen LogP contribution in [-0.4, -0.2) is 8.07 Å². The van der Waals surface area contributed by atoms with Gasteiger partial charge >= 0.3 is 0 Å². The Hall–Kier alpha value is -2.38. The van der Waals surface area contributed by atoms with Gasteiger partial charge in [0.2, 0.25) is 0 Å². The van der Waals surface area contributed by atoms with Crippen molar-refractivity contribution in [2.45, 2.75) is 79.6 Å². The average Bonchev–Trinajstić information content (AvgIpc) is 3.33. The standard InChI is InChI=1S/C34H44Si/c1-23-27(25-17-13-11-14-18-25)21-29(33(3,4)5)31(23)35(9,10)32-24(2)28(22-30(32)34(6,7)8)26-19-15-12-16-20-26/h11-22,31-32H,1-10H3. The number of hydrogen-bond donors (Lipinski definition) is 0. The second-order valence-corrected chi connectivity index (χ2v) is 18.1. The number of rotatable bonds is 4. The first-order valence-corrected chi connectivity index (χ1v) is 16.4. The number of benzene rings is 2. The van der Waals surface area contributed by atoms with Crippen LogP contribution in [0.25, 0.3) is 11.1 Å². The Balaban J connectivity index is 1.90. The Morgan fingerprint density at radius 2 is 0.857 bits per heavy atom. The molecule has 2 unspecified atom stereocenters. The molecule has 0 amide bonds. The van der Waals surface area contributed by atoms with Crippen molar-refractivity contribution in [3.8, 4) is 0 Å². The molecule has 2 atom stereocenters. The van der Waals surface area contributed by atoms with Crippen molar-refractivity contribution in [1.29, 1.82) is 0 Å². The summed E-state index contributed by atoms with van der Waals surface area (Å²) in [5, 5.41) is 0. The first-order chi connectivity index (χ1) is 16.2. The maximum atomic E-state index is 2.66. The summed E-state index contributed by atoms with van der Waals surface area (Å²) in [4.78, 5) is 0. The van der Waals surface area contributed by atoms with Crippen LogP contribution in [0.15, 0.2) is 95.1 Å². The van der Waals surface area contributed by atoms with Crippen LogP contribution in [0.5, 0.6) is 0 Å². The lowest BCUT2D eigenvalue weighted by Crippen LogP contribution is -2.43. The van der Waals surface area contributed by atoms with Crippen LogP contribution in [0.4, 0.5) is 0 Å². The van der Waals surface area contributed by atoms with Crippen molar-refractivity contribution in [3.63, 3.8) is 0 Å². The maximum Gasteiger partial charge on any atom is 0.0714 e. The molecule has 0 fully saturated rings. The Kier molecular flexibility index (Phi) is 6.56. The van der Waals surface area contributed by atoms with Gasteiger partial charge in [0.15, 0.2) is 0 Å². The van der Waals surface area contributed by atoms with Gasteiger partial charge in [-0.1, -0.05) is 150 Å². The molecule has 1 heteroatoms. The van der Waals surface area contributed by atoms with E-state index in [1.165, 1.54) is 22.3 Å². The van der Waals surface area contributed by atoms with Gasteiger partial charge in [0.1, 0.15) is 0 Å². The van der Waals surface area contributed by atoms with Crippen LogP contribution < -0.4 is 0 Å². The minimum Gasteiger partial charge on any atom is -0.0679 e. The zero-order valence-corrected chi connectivity index (χ0v) is 24.6. The van der Waals surface area contributed by atoms with Gasteiger partial charge in [-0.25, -0.2) is 0 Å². The normalized spacial score (nSPS) is 21.5. The van der Waals surface area contributed by atoms with Gasteiger partial charge in [0.25, 0.3) is 0 Å². The minimum absolute atomic E-state index is 0.136. The van der Waals surface area contributed by atoms with E-state index in [-0.39, 0.29) is 10.8 Å². The summed E-state index contributed by atoms with van der Waals surface area (Å²) in [7, 11) is -1.91. The van der Waals surface area contributed by atoms with E-state index < -0.39 is 8.07 Å². The lowest BCUT2D eigenvalue weighted by atomic mass is 9.84. The Morgan fingerprint density at radius 3 is 1.14 bits per heavy atom. The van der Waals surface area contributed by atoms with E-state index in [0.717, 1.165) is 0 Å². The van der Waals surface area contributed by atoms with Crippen LogP contribution in [0.1, 0.15) is 66.5 Å². The fraction of sp³-hybridized carbons (Fsp3) is 0.412. The highest BCUT2D eigenvalue weighted by Crippen LogP contribution is 2.61. The van der Waals surface area contributed by atoms with Gasteiger partial charge in [0.05, 0.1) is 8.07 Å². The lowest BCUT2D eigenvalue weighted by Gasteiger charge is -2.45. The average molecular weight is 481 g/mol. The van der Waals surface area contributed by atoms with E-state index in [0.29, 0.717) is 11.1 Å². The van der Waals surface area contributed by atoms with E-state index in [9.17, 15) is 0 Å². The molecule has 0 heterocycles. The molecule has 0 saturated heterocycles. The molecule has 2 aromatic carbocycles. The topological polar surface area (TPSA) is 0 Å². The molecule has 0 N–H and O–H groups in total. The van der Waals surface area contributed by atoms with E-state index in [1.807, 2.05) is 0 Å². The summed E-state index contributed by atoms with van der Waals surface area (Å²) in [5.41, 5.74) is 13.3. The van der Waals surface area contributed by atoms with Crippen molar-refractivity contribution in [1.82, 2.24) is 0 Å². The lowest BCUT2D eigenvalue weighted by molar-refractivity contribution is 0.482. The first kappa shape index (κ1) is 25.7. The van der Waals surface area contributed by atoms with Gasteiger partial charge in [-0.3, -0.25) is 0 Å². The molecule has 0 nitrogen and oxygen atoms in total. The second kappa shape index (κ2) is 8.93. The van der Waals surface area contributed by atoms with Crippen molar-refractivity contribution in [3.05, 3.63) is 106 Å². The largest absolute Gasteiger partial charge is 0.0714 e. The summed E-state index contributed by atoms with van der Waals surface area (Å²) >= 11 is 0. The summed E-state index contributed by atoms with van der Waals surface area (Å²) in [6.07, 6.45) is 5.10. The summed E-state index contributed by atoms with van der Waals surface area (Å²) in [6.45, 7) is 24.6. The molecular weight excluding hydrogens is 436 g/mol. The van der Waals surface area contributed by atoms with Crippen molar-refractivity contribution >= 4 is 19.2 Å². The SMILES string of the molecule is CC1=C(c2ccccc2)C=C(C(C)(C)C)C1[Si](C)(C)C1C(C(C)(C)C)=CC(c2ccccc2)=C1C. The Bertz CT molecular complexity index is 1120. The van der Waals surface area contributed by atoms with Crippen molar-refractivity contribution in [2.75, 3.05) is 0 Å². The second-order valence-electron chi connectivity index (χ2n) is 13.3. The molecule has 0 bridgehead atoms. The van der Waals surface area contributed by atoms with E-state index in [2.05, 4.69) is 141 Å². The fourth-order valence-corrected chi connectivity index (χ4v) is 12.2. The molecule has 2 aliphatic rings. The summed E-state index contributed by atoms with van der Waals surface area (Å²) in [6, 6.07) is 22.1. The summed E-state index contributed by atoms with van der Waals surface area (Å²) < 4.78 is 0. The van der Waals surface area contributed by atoms with Crippen LogP contribution in [0.3, 0.4) is 0 Å². The van der Waals surface area contributed by atoms with Crippen molar-refractivity contribution < 1.29 is 0 Å². The van der Waals surface area contributed by atoms with Gasteiger partial charge in [0, 0.05) is 0 Å². The predicted molar refractivity (Wildman–Crippen MR) is 158 cm³/mol. The minimum atomic E-state index is -1.91. The van der Waals surface area contributed by atoms with Gasteiger partial charge in [-0.05, 0) is 58.0 Å². The zero-order valence-electron chi connectivity index (χ0n) is 23.6. The van der Waals surface area contributed by atoms with Crippen LogP contribution in [-0.2, 0) is 0 Å². The number of allylic oxidation sites excluding steroid dienone is 8.